The van der Waals surface area contributed by atoms with Gasteiger partial charge in [-0.2, -0.15) is 5.10 Å². The predicted octanol–water partition coefficient (Wildman–Crippen LogP) is 1.83. The van der Waals surface area contributed by atoms with Crippen molar-refractivity contribution in [2.45, 2.75) is 39.5 Å². The molecule has 23 heavy (non-hydrogen) atoms. The van der Waals surface area contributed by atoms with Crippen molar-refractivity contribution in [3.8, 4) is 5.75 Å². The second-order valence-electron chi connectivity index (χ2n) is 5.77. The van der Waals surface area contributed by atoms with E-state index in [4.69, 9.17) is 4.74 Å². The summed E-state index contributed by atoms with van der Waals surface area (Å²) in [6, 6.07) is 7.26. The molecule has 0 spiro atoms. The van der Waals surface area contributed by atoms with E-state index < -0.39 is 6.10 Å². The number of aromatic nitrogens is 2. The molecule has 1 atom stereocenters. The summed E-state index contributed by atoms with van der Waals surface area (Å²) >= 11 is 0. The number of nitrogens with zero attached hydrogens (tertiary/aromatic N) is 2. The smallest absolute Gasteiger partial charge is 0.241 e. The van der Waals surface area contributed by atoms with E-state index in [9.17, 15) is 9.90 Å². The molecular weight excluding hydrogens is 294 g/mol. The Balaban J connectivity index is 1.86. The molecule has 2 aromatic rings. The number of amides is 1. The number of hydrogen-bond donors (Lipinski definition) is 2. The van der Waals surface area contributed by atoms with Crippen molar-refractivity contribution in [1.82, 2.24) is 15.1 Å². The van der Waals surface area contributed by atoms with Crippen LogP contribution in [0.2, 0.25) is 0 Å². The first-order chi connectivity index (χ1) is 10.9. The van der Waals surface area contributed by atoms with Crippen LogP contribution in [-0.2, 0) is 11.3 Å². The molecule has 0 fully saturated rings. The third-order valence-corrected chi connectivity index (χ3v) is 3.18. The van der Waals surface area contributed by atoms with E-state index in [2.05, 4.69) is 10.4 Å². The van der Waals surface area contributed by atoms with Crippen LogP contribution < -0.4 is 10.1 Å². The number of ether oxygens (including phenoxy) is 1. The summed E-state index contributed by atoms with van der Waals surface area (Å²) in [4.78, 5) is 11.9. The number of aliphatic hydroxyl groups excluding tert-OH is 1. The molecule has 0 aliphatic heterocycles. The molecule has 2 N–H and O–H groups in total. The lowest BCUT2D eigenvalue weighted by atomic mass is 10.1. The fraction of sp³-hybridized carbons (Fsp3) is 0.412. The predicted molar refractivity (Wildman–Crippen MR) is 87.1 cm³/mol. The molecule has 124 valence electrons. The van der Waals surface area contributed by atoms with E-state index in [1.165, 1.54) is 0 Å². The fourth-order valence-corrected chi connectivity index (χ4v) is 2.15. The third-order valence-electron chi connectivity index (χ3n) is 3.18. The zero-order valence-electron chi connectivity index (χ0n) is 13.7. The van der Waals surface area contributed by atoms with Crippen LogP contribution in [-0.4, -0.2) is 33.4 Å². The van der Waals surface area contributed by atoms with Gasteiger partial charge in [0, 0.05) is 12.7 Å². The van der Waals surface area contributed by atoms with Gasteiger partial charge in [0.15, 0.2) is 0 Å². The quantitative estimate of drug-likeness (QED) is 0.817. The molecule has 0 aliphatic rings. The van der Waals surface area contributed by atoms with Crippen LogP contribution in [0.5, 0.6) is 5.75 Å². The first-order valence-corrected chi connectivity index (χ1v) is 7.64. The fourth-order valence-electron chi connectivity index (χ4n) is 2.15. The van der Waals surface area contributed by atoms with Gasteiger partial charge in [-0.25, -0.2) is 0 Å². The van der Waals surface area contributed by atoms with Crippen LogP contribution >= 0.6 is 0 Å². The lowest BCUT2D eigenvalue weighted by molar-refractivity contribution is -0.122. The Hall–Kier alpha value is -2.34. The minimum absolute atomic E-state index is 0.0691. The van der Waals surface area contributed by atoms with Crippen molar-refractivity contribution in [2.75, 3.05) is 6.54 Å². The summed E-state index contributed by atoms with van der Waals surface area (Å²) in [6.07, 6.45) is 2.78. The monoisotopic (exact) mass is 317 g/mol. The summed E-state index contributed by atoms with van der Waals surface area (Å²) in [5.74, 6) is 0.511. The second kappa shape index (κ2) is 7.78. The van der Waals surface area contributed by atoms with E-state index >= 15 is 0 Å². The number of nitrogens with one attached hydrogen (secondary N) is 1. The molecule has 0 saturated heterocycles. The van der Waals surface area contributed by atoms with Gasteiger partial charge in [0.2, 0.25) is 5.91 Å². The van der Waals surface area contributed by atoms with Gasteiger partial charge in [-0.1, -0.05) is 12.1 Å². The number of aryl methyl sites for hydroxylation is 1. The van der Waals surface area contributed by atoms with Crippen LogP contribution in [0.1, 0.15) is 31.1 Å². The first-order valence-electron chi connectivity index (χ1n) is 7.64. The molecule has 0 saturated carbocycles. The highest BCUT2D eigenvalue weighted by Gasteiger charge is 2.11. The van der Waals surface area contributed by atoms with Crippen molar-refractivity contribution >= 4 is 5.91 Å². The SMILES string of the molecule is Cc1cnn(CC(=O)NCC(O)c2cccc(OC(C)C)c2)c1. The number of benzene rings is 1. The zero-order valence-corrected chi connectivity index (χ0v) is 13.7. The van der Waals surface area contributed by atoms with E-state index in [1.54, 1.807) is 29.2 Å². The molecule has 1 aromatic heterocycles. The van der Waals surface area contributed by atoms with Gasteiger partial charge < -0.3 is 15.2 Å². The van der Waals surface area contributed by atoms with Gasteiger partial charge in [-0.15, -0.1) is 0 Å². The normalized spacial score (nSPS) is 12.2. The summed E-state index contributed by atoms with van der Waals surface area (Å²) in [5, 5.41) is 17.0. The Bertz CT molecular complexity index is 652. The van der Waals surface area contributed by atoms with Crippen molar-refractivity contribution in [3.05, 3.63) is 47.8 Å². The van der Waals surface area contributed by atoms with E-state index in [0.29, 0.717) is 11.3 Å². The Morgan fingerprint density at radius 3 is 2.87 bits per heavy atom. The zero-order chi connectivity index (χ0) is 16.8. The highest BCUT2D eigenvalue weighted by molar-refractivity contribution is 5.75. The summed E-state index contributed by atoms with van der Waals surface area (Å²) < 4.78 is 7.17. The van der Waals surface area contributed by atoms with Crippen molar-refractivity contribution in [2.24, 2.45) is 0 Å². The van der Waals surface area contributed by atoms with Gasteiger partial charge in [0.1, 0.15) is 12.3 Å². The number of carbonyl (C=O) groups excluding carboxylic acids is 1. The molecule has 6 heteroatoms. The Morgan fingerprint density at radius 2 is 2.22 bits per heavy atom. The number of carbonyl (C=O) groups is 1. The maximum absolute atomic E-state index is 11.9. The maximum atomic E-state index is 11.9. The van der Waals surface area contributed by atoms with Crippen LogP contribution in [0.15, 0.2) is 36.7 Å². The number of hydrogen-bond acceptors (Lipinski definition) is 4. The summed E-state index contributed by atoms with van der Waals surface area (Å²) in [5.41, 5.74) is 1.71. The van der Waals surface area contributed by atoms with E-state index in [0.717, 1.165) is 5.56 Å². The van der Waals surface area contributed by atoms with Crippen LogP contribution in [0.3, 0.4) is 0 Å². The van der Waals surface area contributed by atoms with Crippen LogP contribution in [0.4, 0.5) is 0 Å². The van der Waals surface area contributed by atoms with Gasteiger partial charge in [0.05, 0.1) is 18.4 Å². The molecule has 1 amide bonds. The molecule has 0 radical (unpaired) electrons. The van der Waals surface area contributed by atoms with Crippen LogP contribution in [0, 0.1) is 6.92 Å². The van der Waals surface area contributed by atoms with E-state index in [1.807, 2.05) is 32.9 Å². The molecule has 6 nitrogen and oxygen atoms in total. The molecule has 1 heterocycles. The minimum atomic E-state index is -0.783. The highest BCUT2D eigenvalue weighted by atomic mass is 16.5. The van der Waals surface area contributed by atoms with Crippen molar-refractivity contribution < 1.29 is 14.6 Å². The topological polar surface area (TPSA) is 76.4 Å². The highest BCUT2D eigenvalue weighted by Crippen LogP contribution is 2.19. The standard InChI is InChI=1S/C17H23N3O3/c1-12(2)23-15-6-4-5-14(7-15)16(21)9-18-17(22)11-20-10-13(3)8-19-20/h4-8,10,12,16,21H,9,11H2,1-3H3,(H,18,22). The molecule has 1 aromatic carbocycles. The Kier molecular flexibility index (Phi) is 5.76. The largest absolute Gasteiger partial charge is 0.491 e. The molecule has 1 unspecified atom stereocenters. The molecular formula is C17H23N3O3. The van der Waals surface area contributed by atoms with Gasteiger partial charge in [-0.3, -0.25) is 9.48 Å². The lowest BCUT2D eigenvalue weighted by Gasteiger charge is -2.15. The maximum Gasteiger partial charge on any atom is 0.241 e. The van der Waals surface area contributed by atoms with Crippen molar-refractivity contribution in [3.63, 3.8) is 0 Å². The third kappa shape index (κ3) is 5.41. The van der Waals surface area contributed by atoms with E-state index in [-0.39, 0.29) is 25.1 Å². The molecule has 0 bridgehead atoms. The summed E-state index contributed by atoms with van der Waals surface area (Å²) in [6.45, 7) is 6.08. The lowest BCUT2D eigenvalue weighted by Crippen LogP contribution is -2.31. The first kappa shape index (κ1) is 17.0. The van der Waals surface area contributed by atoms with Gasteiger partial charge in [-0.05, 0) is 44.0 Å². The van der Waals surface area contributed by atoms with Crippen LogP contribution in [0.25, 0.3) is 0 Å². The Labute approximate surface area is 136 Å². The average Bonchev–Trinajstić information content (AvgIpc) is 2.89. The molecule has 0 aliphatic carbocycles. The number of aliphatic hydroxyl groups is 1. The average molecular weight is 317 g/mol. The summed E-state index contributed by atoms with van der Waals surface area (Å²) in [7, 11) is 0. The van der Waals surface area contributed by atoms with Gasteiger partial charge >= 0.3 is 0 Å². The van der Waals surface area contributed by atoms with Crippen molar-refractivity contribution in [1.29, 1.82) is 0 Å². The molecule has 2 rings (SSSR count). The Morgan fingerprint density at radius 1 is 1.43 bits per heavy atom. The van der Waals surface area contributed by atoms with Gasteiger partial charge in [0.25, 0.3) is 0 Å². The minimum Gasteiger partial charge on any atom is -0.491 e. The number of rotatable bonds is 7. The second-order valence-corrected chi connectivity index (χ2v) is 5.77.